The van der Waals surface area contributed by atoms with Crippen LogP contribution in [0.15, 0.2) is 23.5 Å². The average molecular weight is 203 g/mol. The number of ether oxygens (including phenoxy) is 1. The molecule has 0 bridgehead atoms. The Morgan fingerprint density at radius 3 is 2.90 bits per heavy atom. The fourth-order valence-corrected chi connectivity index (χ4v) is 1.78. The Morgan fingerprint density at radius 2 is 2.40 bits per heavy atom. The molecule has 2 heteroatoms. The largest absolute Gasteiger partial charge is 0.501 e. The highest BCUT2D eigenvalue weighted by molar-refractivity contribution is 9.09. The Kier molecular flexibility index (Phi) is 2.55. The minimum absolute atomic E-state index is 0.451. The lowest BCUT2D eigenvalue weighted by atomic mass is 10.1. The van der Waals surface area contributed by atoms with Crippen molar-refractivity contribution >= 4 is 15.9 Å². The zero-order chi connectivity index (χ0) is 7.56. The van der Waals surface area contributed by atoms with E-state index < -0.39 is 0 Å². The summed E-state index contributed by atoms with van der Waals surface area (Å²) >= 11 is 3.51. The minimum atomic E-state index is 0.451. The number of hydrogen-bond acceptors (Lipinski definition) is 1. The average Bonchev–Trinajstić information content (AvgIpc) is 1.85. The smallest absolute Gasteiger partial charge is 0.0972 e. The molecule has 0 radical (unpaired) electrons. The first-order valence-electron chi connectivity index (χ1n) is 3.29. The topological polar surface area (TPSA) is 9.23 Å². The van der Waals surface area contributed by atoms with Crippen molar-refractivity contribution in [3.8, 4) is 0 Å². The summed E-state index contributed by atoms with van der Waals surface area (Å²) in [6.45, 7) is 2.08. The molecule has 1 rings (SSSR count). The van der Waals surface area contributed by atoms with Gasteiger partial charge in [-0.25, -0.2) is 0 Å². The summed E-state index contributed by atoms with van der Waals surface area (Å²) in [5.74, 6) is 1.06. The summed E-state index contributed by atoms with van der Waals surface area (Å²) in [7, 11) is 1.71. The molecule has 0 amide bonds. The standard InChI is InChI=1S/C8H11BrO/c1-6-3-7(9)5-8(4-6)10-2/h3-4,7H,5H2,1-2H3. The first-order valence-corrected chi connectivity index (χ1v) is 4.21. The van der Waals surface area contributed by atoms with E-state index in [0.29, 0.717) is 4.83 Å². The normalized spacial score (nSPS) is 25.3. The minimum Gasteiger partial charge on any atom is -0.501 e. The molecule has 1 unspecified atom stereocenters. The maximum absolute atomic E-state index is 5.12. The monoisotopic (exact) mass is 202 g/mol. The van der Waals surface area contributed by atoms with E-state index in [0.717, 1.165) is 12.2 Å². The quantitative estimate of drug-likeness (QED) is 0.595. The van der Waals surface area contributed by atoms with E-state index in [4.69, 9.17) is 4.74 Å². The van der Waals surface area contributed by atoms with Crippen LogP contribution in [0.3, 0.4) is 0 Å². The third kappa shape index (κ3) is 1.87. The van der Waals surface area contributed by atoms with Crippen LogP contribution in [-0.4, -0.2) is 11.9 Å². The third-order valence-electron chi connectivity index (χ3n) is 1.49. The van der Waals surface area contributed by atoms with Crippen molar-refractivity contribution in [1.29, 1.82) is 0 Å². The van der Waals surface area contributed by atoms with Crippen LogP contribution in [0, 0.1) is 0 Å². The second-order valence-electron chi connectivity index (χ2n) is 2.45. The summed E-state index contributed by atoms with van der Waals surface area (Å²) in [5.41, 5.74) is 1.27. The Hall–Kier alpha value is -0.240. The lowest BCUT2D eigenvalue weighted by molar-refractivity contribution is 0.277. The molecule has 0 aromatic carbocycles. The van der Waals surface area contributed by atoms with Crippen molar-refractivity contribution in [2.75, 3.05) is 7.11 Å². The van der Waals surface area contributed by atoms with Gasteiger partial charge in [-0.15, -0.1) is 0 Å². The van der Waals surface area contributed by atoms with Crippen molar-refractivity contribution in [1.82, 2.24) is 0 Å². The van der Waals surface area contributed by atoms with Gasteiger partial charge < -0.3 is 4.74 Å². The fourth-order valence-electron chi connectivity index (χ4n) is 1.04. The van der Waals surface area contributed by atoms with Crippen LogP contribution >= 0.6 is 15.9 Å². The highest BCUT2D eigenvalue weighted by Gasteiger charge is 2.09. The van der Waals surface area contributed by atoms with Crippen LogP contribution in [0.4, 0.5) is 0 Å². The SMILES string of the molecule is COC1=CC(C)=CC(Br)C1. The highest BCUT2D eigenvalue weighted by atomic mass is 79.9. The van der Waals surface area contributed by atoms with Crippen LogP contribution in [0.25, 0.3) is 0 Å². The zero-order valence-corrected chi connectivity index (χ0v) is 7.81. The van der Waals surface area contributed by atoms with Crippen molar-refractivity contribution in [2.45, 2.75) is 18.2 Å². The molecular formula is C8H11BrO. The predicted octanol–water partition coefficient (Wildman–Crippen LogP) is 2.63. The molecule has 0 aromatic rings. The zero-order valence-electron chi connectivity index (χ0n) is 6.23. The van der Waals surface area contributed by atoms with E-state index in [-0.39, 0.29) is 0 Å². The number of hydrogen-bond donors (Lipinski definition) is 0. The molecule has 0 spiro atoms. The number of methoxy groups -OCH3 is 1. The molecule has 1 aliphatic carbocycles. The third-order valence-corrected chi connectivity index (χ3v) is 2.08. The van der Waals surface area contributed by atoms with E-state index >= 15 is 0 Å². The highest BCUT2D eigenvalue weighted by Crippen LogP contribution is 2.22. The molecule has 0 aliphatic heterocycles. The Morgan fingerprint density at radius 1 is 1.70 bits per heavy atom. The molecule has 56 valence electrons. The van der Waals surface area contributed by atoms with Gasteiger partial charge in [0, 0.05) is 11.2 Å². The van der Waals surface area contributed by atoms with E-state index in [1.807, 2.05) is 0 Å². The van der Waals surface area contributed by atoms with E-state index in [1.54, 1.807) is 7.11 Å². The van der Waals surface area contributed by atoms with Gasteiger partial charge in [0.15, 0.2) is 0 Å². The van der Waals surface area contributed by atoms with Gasteiger partial charge in [-0.1, -0.05) is 27.6 Å². The van der Waals surface area contributed by atoms with Crippen LogP contribution in [0.5, 0.6) is 0 Å². The van der Waals surface area contributed by atoms with Crippen LogP contribution in [0.1, 0.15) is 13.3 Å². The van der Waals surface area contributed by atoms with Gasteiger partial charge in [0.2, 0.25) is 0 Å². The molecule has 0 heterocycles. The molecule has 1 aliphatic rings. The molecular weight excluding hydrogens is 192 g/mol. The molecule has 0 saturated carbocycles. The van der Waals surface area contributed by atoms with Crippen molar-refractivity contribution in [3.05, 3.63) is 23.5 Å². The summed E-state index contributed by atoms with van der Waals surface area (Å²) in [5, 5.41) is 0. The molecule has 10 heavy (non-hydrogen) atoms. The molecule has 0 saturated heterocycles. The van der Waals surface area contributed by atoms with Gasteiger partial charge in [0.05, 0.1) is 12.9 Å². The van der Waals surface area contributed by atoms with Crippen molar-refractivity contribution in [2.24, 2.45) is 0 Å². The Bertz CT molecular complexity index is 182. The van der Waals surface area contributed by atoms with Gasteiger partial charge in [-0.05, 0) is 13.0 Å². The summed E-state index contributed by atoms with van der Waals surface area (Å²) < 4.78 is 5.12. The van der Waals surface area contributed by atoms with Crippen molar-refractivity contribution in [3.63, 3.8) is 0 Å². The second kappa shape index (κ2) is 3.24. The molecule has 0 fully saturated rings. The number of alkyl halides is 1. The van der Waals surface area contributed by atoms with Gasteiger partial charge >= 0.3 is 0 Å². The van der Waals surface area contributed by atoms with Gasteiger partial charge in [0.1, 0.15) is 0 Å². The van der Waals surface area contributed by atoms with E-state index in [2.05, 4.69) is 35.0 Å². The summed E-state index contributed by atoms with van der Waals surface area (Å²) in [4.78, 5) is 0.451. The molecule has 0 N–H and O–H groups in total. The number of allylic oxidation sites excluding steroid dienone is 4. The lowest BCUT2D eigenvalue weighted by Crippen LogP contribution is -2.03. The van der Waals surface area contributed by atoms with E-state index in [9.17, 15) is 0 Å². The maximum Gasteiger partial charge on any atom is 0.0972 e. The fraction of sp³-hybridized carbons (Fsp3) is 0.500. The van der Waals surface area contributed by atoms with E-state index in [1.165, 1.54) is 5.57 Å². The van der Waals surface area contributed by atoms with Gasteiger partial charge in [-0.3, -0.25) is 0 Å². The molecule has 1 nitrogen and oxygen atoms in total. The van der Waals surface area contributed by atoms with Crippen molar-refractivity contribution < 1.29 is 4.74 Å². The van der Waals surface area contributed by atoms with Crippen LogP contribution in [-0.2, 0) is 4.74 Å². The molecule has 1 atom stereocenters. The maximum atomic E-state index is 5.12. The number of halogens is 1. The molecule has 0 aromatic heterocycles. The Balaban J connectivity index is 2.70. The van der Waals surface area contributed by atoms with Gasteiger partial charge in [-0.2, -0.15) is 0 Å². The van der Waals surface area contributed by atoms with Crippen LogP contribution in [0.2, 0.25) is 0 Å². The summed E-state index contributed by atoms with van der Waals surface area (Å²) in [6, 6.07) is 0. The van der Waals surface area contributed by atoms with Crippen LogP contribution < -0.4 is 0 Å². The predicted molar refractivity (Wildman–Crippen MR) is 46.2 cm³/mol. The first kappa shape index (κ1) is 7.86. The Labute approximate surface area is 69.9 Å². The van der Waals surface area contributed by atoms with Gasteiger partial charge in [0.25, 0.3) is 0 Å². The lowest BCUT2D eigenvalue weighted by Gasteiger charge is -2.14. The summed E-state index contributed by atoms with van der Waals surface area (Å²) in [6.07, 6.45) is 5.22. The second-order valence-corrected chi connectivity index (χ2v) is 3.62. The number of rotatable bonds is 1. The first-order chi connectivity index (χ1) is 4.72.